The zero-order valence-corrected chi connectivity index (χ0v) is 17.4. The number of aryl methyl sites for hydroxylation is 1. The van der Waals surface area contributed by atoms with Gasteiger partial charge in [0.25, 0.3) is 0 Å². The minimum absolute atomic E-state index is 0.118. The molecule has 1 rings (SSSR count). The quantitative estimate of drug-likeness (QED) is 0.350. The molecule has 0 amide bonds. The standard InChI is InChI=1S/C18H26ClNO.C2H6.C2H2/c1-5-6-7-17(15(3)21-4)10-11-20-13-16-8-9-18(19)14(2)12-16;2*1-2/h6-10,12,15,20H,5,11,13H2,1-4H3;1-2H3;1-2H/b7-6-,17-10+;;. The van der Waals surface area contributed by atoms with Crippen molar-refractivity contribution in [1.29, 1.82) is 0 Å². The van der Waals surface area contributed by atoms with Gasteiger partial charge < -0.3 is 10.1 Å². The maximum Gasteiger partial charge on any atom is 0.0790 e. The van der Waals surface area contributed by atoms with Crippen molar-refractivity contribution in [2.24, 2.45) is 0 Å². The highest BCUT2D eigenvalue weighted by atomic mass is 35.5. The molecule has 1 aromatic carbocycles. The van der Waals surface area contributed by atoms with Crippen molar-refractivity contribution in [3.8, 4) is 12.8 Å². The fraction of sp³-hybridized carbons (Fsp3) is 0.455. The lowest BCUT2D eigenvalue weighted by Gasteiger charge is -2.11. The van der Waals surface area contributed by atoms with E-state index in [9.17, 15) is 0 Å². The van der Waals surface area contributed by atoms with Gasteiger partial charge in [0.05, 0.1) is 6.10 Å². The molecule has 0 aliphatic carbocycles. The van der Waals surface area contributed by atoms with Gasteiger partial charge in [-0.1, -0.05) is 62.7 Å². The van der Waals surface area contributed by atoms with Crippen LogP contribution < -0.4 is 5.32 Å². The zero-order valence-electron chi connectivity index (χ0n) is 16.6. The lowest BCUT2D eigenvalue weighted by atomic mass is 10.1. The molecular formula is C22H34ClNO. The monoisotopic (exact) mass is 363 g/mol. The average Bonchev–Trinajstić information content (AvgIpc) is 2.66. The molecule has 1 N–H and O–H groups in total. The van der Waals surface area contributed by atoms with E-state index in [2.05, 4.69) is 62.4 Å². The van der Waals surface area contributed by atoms with Gasteiger partial charge in [0, 0.05) is 25.2 Å². The van der Waals surface area contributed by atoms with E-state index in [-0.39, 0.29) is 6.10 Å². The Kier molecular flexibility index (Phi) is 17.8. The molecule has 0 bridgehead atoms. The number of ether oxygens (including phenoxy) is 1. The molecule has 0 radical (unpaired) electrons. The lowest BCUT2D eigenvalue weighted by molar-refractivity contribution is 0.149. The van der Waals surface area contributed by atoms with Crippen LogP contribution in [-0.2, 0) is 11.3 Å². The SMILES string of the molecule is C#C.CC.CC/C=C\C(=C/CNCc1ccc(Cl)c(C)c1)C(C)OC. The van der Waals surface area contributed by atoms with Crippen LogP contribution in [0.4, 0.5) is 0 Å². The topological polar surface area (TPSA) is 21.3 Å². The van der Waals surface area contributed by atoms with E-state index in [4.69, 9.17) is 16.3 Å². The van der Waals surface area contributed by atoms with E-state index in [0.717, 1.165) is 30.1 Å². The smallest absolute Gasteiger partial charge is 0.0790 e. The van der Waals surface area contributed by atoms with Crippen LogP contribution in [0.1, 0.15) is 45.2 Å². The Morgan fingerprint density at radius 2 is 1.96 bits per heavy atom. The van der Waals surface area contributed by atoms with E-state index in [1.165, 1.54) is 11.1 Å². The third-order valence-corrected chi connectivity index (χ3v) is 3.83. The Bertz CT molecular complexity index is 532. The van der Waals surface area contributed by atoms with Gasteiger partial charge in [-0.15, -0.1) is 12.8 Å². The molecule has 0 aliphatic heterocycles. The highest BCUT2D eigenvalue weighted by Gasteiger charge is 2.03. The Morgan fingerprint density at radius 1 is 1.32 bits per heavy atom. The van der Waals surface area contributed by atoms with Crippen LogP contribution in [0, 0.1) is 19.8 Å². The van der Waals surface area contributed by atoms with Crippen LogP contribution in [0.5, 0.6) is 0 Å². The number of terminal acetylenes is 1. The number of methoxy groups -OCH3 is 1. The second kappa shape index (κ2) is 17.3. The van der Waals surface area contributed by atoms with Gasteiger partial charge in [0.15, 0.2) is 0 Å². The van der Waals surface area contributed by atoms with Crippen LogP contribution in [0.15, 0.2) is 42.0 Å². The number of halogens is 1. The van der Waals surface area contributed by atoms with E-state index in [1.807, 2.05) is 26.8 Å². The summed E-state index contributed by atoms with van der Waals surface area (Å²) < 4.78 is 5.39. The van der Waals surface area contributed by atoms with Crippen LogP contribution in [0.25, 0.3) is 0 Å². The predicted octanol–water partition coefficient (Wildman–Crippen LogP) is 5.94. The van der Waals surface area contributed by atoms with Crippen LogP contribution in [0.2, 0.25) is 5.02 Å². The number of hydrogen-bond donors (Lipinski definition) is 1. The number of benzene rings is 1. The Labute approximate surface area is 160 Å². The first-order valence-corrected chi connectivity index (χ1v) is 9.14. The summed E-state index contributed by atoms with van der Waals surface area (Å²) in [5.41, 5.74) is 3.57. The molecule has 1 atom stereocenters. The van der Waals surface area contributed by atoms with E-state index >= 15 is 0 Å². The summed E-state index contributed by atoms with van der Waals surface area (Å²) in [5.74, 6) is 0. The summed E-state index contributed by atoms with van der Waals surface area (Å²) in [4.78, 5) is 0. The van der Waals surface area contributed by atoms with E-state index < -0.39 is 0 Å². The van der Waals surface area contributed by atoms with E-state index in [1.54, 1.807) is 7.11 Å². The molecule has 1 aromatic rings. The summed E-state index contributed by atoms with van der Waals surface area (Å²) >= 11 is 6.03. The number of rotatable bonds is 8. The van der Waals surface area contributed by atoms with Crippen LogP contribution in [-0.4, -0.2) is 19.8 Å². The second-order valence-corrected chi connectivity index (χ2v) is 5.51. The predicted molar refractivity (Wildman–Crippen MR) is 113 cm³/mol. The van der Waals surface area contributed by atoms with Crippen LogP contribution >= 0.6 is 11.6 Å². The molecule has 0 aliphatic rings. The van der Waals surface area contributed by atoms with Crippen molar-refractivity contribution < 1.29 is 4.74 Å². The first-order valence-electron chi connectivity index (χ1n) is 8.77. The summed E-state index contributed by atoms with van der Waals surface area (Å²) in [6, 6.07) is 6.13. The summed E-state index contributed by atoms with van der Waals surface area (Å²) in [7, 11) is 1.74. The van der Waals surface area contributed by atoms with Gasteiger partial charge in [-0.2, -0.15) is 0 Å². The molecule has 140 valence electrons. The first kappa shape index (κ1) is 25.7. The average molecular weight is 364 g/mol. The minimum Gasteiger partial charge on any atom is -0.377 e. The Morgan fingerprint density at radius 3 is 2.48 bits per heavy atom. The normalized spacial score (nSPS) is 12.0. The van der Waals surface area contributed by atoms with E-state index in [0.29, 0.717) is 0 Å². The third kappa shape index (κ3) is 11.6. The molecule has 0 saturated carbocycles. The molecule has 0 saturated heterocycles. The van der Waals surface area contributed by atoms with Crippen LogP contribution in [0.3, 0.4) is 0 Å². The fourth-order valence-electron chi connectivity index (χ4n) is 1.98. The van der Waals surface area contributed by atoms with Crippen molar-refractivity contribution in [3.05, 3.63) is 58.1 Å². The molecule has 0 aromatic heterocycles. The van der Waals surface area contributed by atoms with Crippen molar-refractivity contribution in [1.82, 2.24) is 5.32 Å². The highest BCUT2D eigenvalue weighted by Crippen LogP contribution is 2.16. The lowest BCUT2D eigenvalue weighted by Crippen LogP contribution is -2.15. The van der Waals surface area contributed by atoms with Gasteiger partial charge >= 0.3 is 0 Å². The molecule has 0 spiro atoms. The fourth-order valence-corrected chi connectivity index (χ4v) is 2.10. The third-order valence-electron chi connectivity index (χ3n) is 3.40. The number of allylic oxidation sites excluding steroid dienone is 1. The van der Waals surface area contributed by atoms with Crippen molar-refractivity contribution in [2.75, 3.05) is 13.7 Å². The molecule has 3 heteroatoms. The zero-order chi connectivity index (χ0) is 19.7. The Hall–Kier alpha value is -1.53. The Balaban J connectivity index is 0. The van der Waals surface area contributed by atoms with Gasteiger partial charge in [0.1, 0.15) is 0 Å². The largest absolute Gasteiger partial charge is 0.377 e. The maximum atomic E-state index is 6.03. The molecule has 0 fully saturated rings. The number of nitrogens with one attached hydrogen (secondary N) is 1. The molecular weight excluding hydrogens is 330 g/mol. The van der Waals surface area contributed by atoms with Crippen molar-refractivity contribution >= 4 is 11.6 Å². The van der Waals surface area contributed by atoms with Gasteiger partial charge in [-0.05, 0) is 43.0 Å². The van der Waals surface area contributed by atoms with Gasteiger partial charge in [-0.25, -0.2) is 0 Å². The van der Waals surface area contributed by atoms with Gasteiger partial charge in [0.2, 0.25) is 0 Å². The number of hydrogen-bond acceptors (Lipinski definition) is 2. The molecule has 1 unspecified atom stereocenters. The molecule has 25 heavy (non-hydrogen) atoms. The van der Waals surface area contributed by atoms with Crippen molar-refractivity contribution in [2.45, 2.75) is 53.7 Å². The summed E-state index contributed by atoms with van der Waals surface area (Å²) in [6.07, 6.45) is 15.6. The first-order chi connectivity index (χ1) is 12.1. The van der Waals surface area contributed by atoms with Gasteiger partial charge in [-0.3, -0.25) is 0 Å². The summed E-state index contributed by atoms with van der Waals surface area (Å²) in [5, 5.41) is 4.24. The minimum atomic E-state index is 0.118. The second-order valence-electron chi connectivity index (χ2n) is 5.11. The maximum absolute atomic E-state index is 6.03. The summed E-state index contributed by atoms with van der Waals surface area (Å²) in [6.45, 7) is 11.9. The van der Waals surface area contributed by atoms with Crippen molar-refractivity contribution in [3.63, 3.8) is 0 Å². The molecule has 0 heterocycles. The molecule has 2 nitrogen and oxygen atoms in total. The highest BCUT2D eigenvalue weighted by molar-refractivity contribution is 6.31.